The molecule has 1 N–H and O–H groups in total. The van der Waals surface area contributed by atoms with Crippen molar-refractivity contribution in [1.82, 2.24) is 9.97 Å². The maximum atomic E-state index is 13.2. The fourth-order valence-electron chi connectivity index (χ4n) is 1.89. The maximum absolute atomic E-state index is 13.2. The van der Waals surface area contributed by atoms with Crippen LogP contribution in [0, 0.1) is 17.5 Å². The van der Waals surface area contributed by atoms with Crippen molar-refractivity contribution < 1.29 is 13.2 Å². The molecular formula is C13H9F3N2O. The summed E-state index contributed by atoms with van der Waals surface area (Å²) in [7, 11) is 0. The number of rotatable bonds is 2. The van der Waals surface area contributed by atoms with Crippen molar-refractivity contribution in [2.75, 3.05) is 0 Å². The molecule has 0 radical (unpaired) electrons. The zero-order valence-corrected chi connectivity index (χ0v) is 9.71. The summed E-state index contributed by atoms with van der Waals surface area (Å²) in [5, 5.41) is 0. The molecule has 3 nitrogen and oxygen atoms in total. The van der Waals surface area contributed by atoms with Gasteiger partial charge in [0, 0.05) is 17.5 Å². The number of nitrogens with zero attached hydrogens (tertiary/aromatic N) is 1. The molecule has 2 aromatic rings. The van der Waals surface area contributed by atoms with Crippen LogP contribution in [-0.2, 0) is 0 Å². The Bertz CT molecular complexity index is 684. The fourth-order valence-corrected chi connectivity index (χ4v) is 1.89. The third kappa shape index (κ3) is 2.25. The normalized spacial score (nSPS) is 14.7. The van der Waals surface area contributed by atoms with E-state index in [0.717, 1.165) is 25.0 Å². The first kappa shape index (κ1) is 12.0. The summed E-state index contributed by atoms with van der Waals surface area (Å²) in [5.74, 6) is -3.88. The molecule has 1 aliphatic carbocycles. The second-order valence-corrected chi connectivity index (χ2v) is 4.55. The second kappa shape index (κ2) is 4.22. The van der Waals surface area contributed by atoms with Gasteiger partial charge in [-0.2, -0.15) is 0 Å². The molecule has 1 aromatic carbocycles. The Morgan fingerprint density at radius 1 is 1.11 bits per heavy atom. The number of benzene rings is 1. The largest absolute Gasteiger partial charge is 0.307 e. The van der Waals surface area contributed by atoms with Crippen molar-refractivity contribution in [2.45, 2.75) is 18.8 Å². The number of aromatic amines is 1. The van der Waals surface area contributed by atoms with Gasteiger partial charge in [-0.25, -0.2) is 18.2 Å². The lowest BCUT2D eigenvalue weighted by Gasteiger charge is -2.05. The molecule has 0 atom stereocenters. The van der Waals surface area contributed by atoms with Gasteiger partial charge in [0.15, 0.2) is 17.5 Å². The minimum atomic E-state index is -1.54. The van der Waals surface area contributed by atoms with E-state index in [0.29, 0.717) is 5.69 Å². The highest BCUT2D eigenvalue weighted by Gasteiger charge is 2.26. The van der Waals surface area contributed by atoms with Gasteiger partial charge < -0.3 is 4.98 Å². The SMILES string of the molecule is O=c1cc(C2CC2)nc(-c2cc(F)c(F)c(F)c2)[nH]1. The van der Waals surface area contributed by atoms with E-state index in [1.165, 1.54) is 6.07 Å². The van der Waals surface area contributed by atoms with Gasteiger partial charge in [0.1, 0.15) is 5.82 Å². The van der Waals surface area contributed by atoms with E-state index in [9.17, 15) is 18.0 Å². The number of H-pyrrole nitrogens is 1. The van der Waals surface area contributed by atoms with Crippen molar-refractivity contribution >= 4 is 0 Å². The molecule has 3 rings (SSSR count). The van der Waals surface area contributed by atoms with Gasteiger partial charge >= 0.3 is 0 Å². The van der Waals surface area contributed by atoms with Crippen LogP contribution in [0.4, 0.5) is 13.2 Å². The highest BCUT2D eigenvalue weighted by atomic mass is 19.2. The highest BCUT2D eigenvalue weighted by Crippen LogP contribution is 2.38. The van der Waals surface area contributed by atoms with Crippen LogP contribution in [-0.4, -0.2) is 9.97 Å². The van der Waals surface area contributed by atoms with Gasteiger partial charge in [-0.05, 0) is 25.0 Å². The molecule has 1 aliphatic rings. The lowest BCUT2D eigenvalue weighted by Crippen LogP contribution is -2.10. The quantitative estimate of drug-likeness (QED) is 0.849. The third-order valence-corrected chi connectivity index (χ3v) is 3.01. The van der Waals surface area contributed by atoms with E-state index < -0.39 is 23.0 Å². The Kier molecular flexibility index (Phi) is 2.66. The lowest BCUT2D eigenvalue weighted by atomic mass is 10.2. The van der Waals surface area contributed by atoms with E-state index in [2.05, 4.69) is 9.97 Å². The van der Waals surface area contributed by atoms with Gasteiger partial charge in [0.2, 0.25) is 0 Å². The zero-order chi connectivity index (χ0) is 13.6. The number of aromatic nitrogens is 2. The standard InChI is InChI=1S/C13H9F3N2O/c14-8-3-7(4-9(15)12(8)16)13-17-10(6-1-2-6)5-11(19)18-13/h3-6H,1-2H2,(H,17,18,19). The molecular weight excluding hydrogens is 257 g/mol. The number of hydrogen-bond acceptors (Lipinski definition) is 2. The van der Waals surface area contributed by atoms with E-state index in [-0.39, 0.29) is 17.3 Å². The van der Waals surface area contributed by atoms with Crippen molar-refractivity contribution in [1.29, 1.82) is 0 Å². The van der Waals surface area contributed by atoms with Crippen LogP contribution in [0.1, 0.15) is 24.5 Å². The number of hydrogen-bond donors (Lipinski definition) is 1. The Morgan fingerprint density at radius 3 is 2.32 bits per heavy atom. The smallest absolute Gasteiger partial charge is 0.251 e. The summed E-state index contributed by atoms with van der Waals surface area (Å²) in [6.45, 7) is 0. The molecule has 0 saturated heterocycles. The molecule has 1 heterocycles. The van der Waals surface area contributed by atoms with Crippen molar-refractivity contribution in [2.24, 2.45) is 0 Å². The average Bonchev–Trinajstić information content (AvgIpc) is 3.18. The number of halogens is 3. The van der Waals surface area contributed by atoms with Gasteiger partial charge in [-0.15, -0.1) is 0 Å². The van der Waals surface area contributed by atoms with E-state index in [1.807, 2.05) is 0 Å². The van der Waals surface area contributed by atoms with Gasteiger partial charge in [-0.3, -0.25) is 4.79 Å². The maximum Gasteiger partial charge on any atom is 0.251 e. The highest BCUT2D eigenvalue weighted by molar-refractivity contribution is 5.55. The van der Waals surface area contributed by atoms with Gasteiger partial charge in [0.05, 0.1) is 5.69 Å². The monoisotopic (exact) mass is 266 g/mol. The topological polar surface area (TPSA) is 45.8 Å². The molecule has 1 aromatic heterocycles. The van der Waals surface area contributed by atoms with Crippen molar-refractivity contribution in [3.05, 3.63) is 51.7 Å². The van der Waals surface area contributed by atoms with E-state index in [4.69, 9.17) is 0 Å². The second-order valence-electron chi connectivity index (χ2n) is 4.55. The molecule has 0 spiro atoms. The Balaban J connectivity index is 2.13. The summed E-state index contributed by atoms with van der Waals surface area (Å²) in [6, 6.07) is 3.00. The first-order chi connectivity index (χ1) is 9.04. The van der Waals surface area contributed by atoms with Crippen LogP contribution < -0.4 is 5.56 Å². The van der Waals surface area contributed by atoms with E-state index in [1.54, 1.807) is 0 Å². The molecule has 1 saturated carbocycles. The predicted molar refractivity (Wildman–Crippen MR) is 62.1 cm³/mol. The predicted octanol–water partition coefficient (Wildman–Crippen LogP) is 2.73. The van der Waals surface area contributed by atoms with E-state index >= 15 is 0 Å². The van der Waals surface area contributed by atoms with Crippen LogP contribution in [0.25, 0.3) is 11.4 Å². The molecule has 0 aliphatic heterocycles. The van der Waals surface area contributed by atoms with Crippen LogP contribution in [0.2, 0.25) is 0 Å². The minimum Gasteiger partial charge on any atom is -0.307 e. The molecule has 0 unspecified atom stereocenters. The molecule has 98 valence electrons. The van der Waals surface area contributed by atoms with Crippen molar-refractivity contribution in [3.8, 4) is 11.4 Å². The Labute approximate surface area is 106 Å². The Morgan fingerprint density at radius 2 is 1.74 bits per heavy atom. The van der Waals surface area contributed by atoms with Crippen LogP contribution in [0.3, 0.4) is 0 Å². The summed E-state index contributed by atoms with van der Waals surface area (Å²) in [6.07, 6.45) is 1.89. The summed E-state index contributed by atoms with van der Waals surface area (Å²) < 4.78 is 39.2. The average molecular weight is 266 g/mol. The fraction of sp³-hybridized carbons (Fsp3) is 0.231. The van der Waals surface area contributed by atoms with Crippen LogP contribution in [0.15, 0.2) is 23.0 Å². The molecule has 0 bridgehead atoms. The minimum absolute atomic E-state index is 0.0102. The Hall–Kier alpha value is -2.11. The summed E-state index contributed by atoms with van der Waals surface area (Å²) in [5.41, 5.74) is 0.219. The molecule has 19 heavy (non-hydrogen) atoms. The first-order valence-corrected chi connectivity index (χ1v) is 5.81. The molecule has 1 fully saturated rings. The lowest BCUT2D eigenvalue weighted by molar-refractivity contribution is 0.447. The summed E-state index contributed by atoms with van der Waals surface area (Å²) in [4.78, 5) is 18.1. The first-order valence-electron chi connectivity index (χ1n) is 5.81. The zero-order valence-electron chi connectivity index (χ0n) is 9.71. The van der Waals surface area contributed by atoms with Crippen molar-refractivity contribution in [3.63, 3.8) is 0 Å². The summed E-state index contributed by atoms with van der Waals surface area (Å²) >= 11 is 0. The van der Waals surface area contributed by atoms with Gasteiger partial charge in [0.25, 0.3) is 5.56 Å². The molecule has 6 heteroatoms. The van der Waals surface area contributed by atoms with Gasteiger partial charge in [-0.1, -0.05) is 0 Å². The number of nitrogens with one attached hydrogen (secondary N) is 1. The third-order valence-electron chi connectivity index (χ3n) is 3.01. The molecule has 0 amide bonds. The van der Waals surface area contributed by atoms with Crippen LogP contribution in [0.5, 0.6) is 0 Å². The van der Waals surface area contributed by atoms with Crippen LogP contribution >= 0.6 is 0 Å².